The summed E-state index contributed by atoms with van der Waals surface area (Å²) in [6.07, 6.45) is 1.34. The molecule has 20 heavy (non-hydrogen) atoms. The maximum absolute atomic E-state index is 12.6. The van der Waals surface area contributed by atoms with E-state index in [0.29, 0.717) is 18.5 Å². The third kappa shape index (κ3) is 2.16. The Morgan fingerprint density at radius 1 is 1.25 bits per heavy atom. The van der Waals surface area contributed by atoms with Crippen LogP contribution in [0.25, 0.3) is 0 Å². The fourth-order valence-corrected chi connectivity index (χ4v) is 3.34. The van der Waals surface area contributed by atoms with Crippen molar-refractivity contribution < 1.29 is 9.59 Å². The zero-order valence-corrected chi connectivity index (χ0v) is 12.1. The van der Waals surface area contributed by atoms with Gasteiger partial charge in [-0.2, -0.15) is 0 Å². The minimum Gasteiger partial charge on any atom is -0.306 e. The third-order valence-corrected chi connectivity index (χ3v) is 4.74. The average molecular weight is 285 g/mol. The van der Waals surface area contributed by atoms with E-state index in [1.807, 2.05) is 30.3 Å². The van der Waals surface area contributed by atoms with E-state index in [9.17, 15) is 9.59 Å². The van der Waals surface area contributed by atoms with Gasteiger partial charge in [0, 0.05) is 23.4 Å². The van der Waals surface area contributed by atoms with Gasteiger partial charge >= 0.3 is 0 Å². The largest absolute Gasteiger partial charge is 0.306 e. The summed E-state index contributed by atoms with van der Waals surface area (Å²) in [7, 11) is 0. The summed E-state index contributed by atoms with van der Waals surface area (Å²) in [6.45, 7) is 2.54. The number of fused-ring (bicyclic) bond motifs is 1. The number of benzene rings is 1. The molecular formula is C16H15NO2S. The van der Waals surface area contributed by atoms with Gasteiger partial charge in [0.1, 0.15) is 0 Å². The average Bonchev–Trinajstić information content (AvgIpc) is 2.96. The molecule has 2 aromatic rings. The normalized spacial score (nSPS) is 14.2. The van der Waals surface area contributed by atoms with Gasteiger partial charge in [-0.3, -0.25) is 9.59 Å². The van der Waals surface area contributed by atoms with Crippen LogP contribution < -0.4 is 4.90 Å². The number of thiophene rings is 1. The van der Waals surface area contributed by atoms with Crippen molar-refractivity contribution in [3.05, 3.63) is 51.7 Å². The van der Waals surface area contributed by atoms with E-state index >= 15 is 0 Å². The number of Topliss-reactive ketones (excluding diaryl/α,β-unsaturated/α-hetero) is 1. The molecule has 1 amide bonds. The van der Waals surface area contributed by atoms with E-state index in [0.717, 1.165) is 17.0 Å². The van der Waals surface area contributed by atoms with Gasteiger partial charge in [-0.1, -0.05) is 19.1 Å². The molecule has 3 nitrogen and oxygen atoms in total. The number of anilines is 1. The van der Waals surface area contributed by atoms with Crippen LogP contribution in [0.2, 0.25) is 0 Å². The Labute approximate surface area is 121 Å². The molecule has 0 saturated heterocycles. The highest BCUT2D eigenvalue weighted by Crippen LogP contribution is 2.29. The minimum absolute atomic E-state index is 0.00495. The SMILES string of the molecule is CCc1ccc(C(=O)N2CCC(=O)c3ccccc32)s1. The van der Waals surface area contributed by atoms with Crippen LogP contribution in [-0.2, 0) is 6.42 Å². The zero-order valence-electron chi connectivity index (χ0n) is 11.3. The van der Waals surface area contributed by atoms with E-state index in [1.54, 1.807) is 11.0 Å². The summed E-state index contributed by atoms with van der Waals surface area (Å²) < 4.78 is 0. The molecule has 1 aliphatic heterocycles. The van der Waals surface area contributed by atoms with Crippen molar-refractivity contribution in [3.8, 4) is 0 Å². The van der Waals surface area contributed by atoms with E-state index in [-0.39, 0.29) is 11.7 Å². The number of amides is 1. The zero-order chi connectivity index (χ0) is 14.1. The lowest BCUT2D eigenvalue weighted by molar-refractivity contribution is 0.0957. The first-order valence-corrected chi connectivity index (χ1v) is 7.55. The van der Waals surface area contributed by atoms with E-state index in [2.05, 4.69) is 6.92 Å². The Balaban J connectivity index is 1.97. The Hall–Kier alpha value is -1.94. The topological polar surface area (TPSA) is 37.4 Å². The fourth-order valence-electron chi connectivity index (χ4n) is 2.44. The highest BCUT2D eigenvalue weighted by Gasteiger charge is 2.28. The third-order valence-electron chi connectivity index (χ3n) is 3.52. The Bertz CT molecular complexity index is 675. The monoisotopic (exact) mass is 285 g/mol. The predicted octanol–water partition coefficient (Wildman–Crippen LogP) is 3.54. The first kappa shape index (κ1) is 13.1. The maximum Gasteiger partial charge on any atom is 0.268 e. The van der Waals surface area contributed by atoms with Crippen molar-refractivity contribution in [1.29, 1.82) is 0 Å². The Kier molecular flexibility index (Phi) is 3.40. The van der Waals surface area contributed by atoms with Crippen LogP contribution in [0.15, 0.2) is 36.4 Å². The number of aryl methyl sites for hydroxylation is 1. The van der Waals surface area contributed by atoms with Gasteiger partial charge in [-0.05, 0) is 30.7 Å². The first-order chi connectivity index (χ1) is 9.70. The molecule has 2 heterocycles. The van der Waals surface area contributed by atoms with Crippen LogP contribution in [-0.4, -0.2) is 18.2 Å². The van der Waals surface area contributed by atoms with Crippen LogP contribution in [0.3, 0.4) is 0 Å². The van der Waals surface area contributed by atoms with E-state index in [1.165, 1.54) is 16.2 Å². The van der Waals surface area contributed by atoms with Gasteiger partial charge in [0.15, 0.2) is 5.78 Å². The second-order valence-electron chi connectivity index (χ2n) is 4.77. The Morgan fingerprint density at radius 2 is 2.05 bits per heavy atom. The number of rotatable bonds is 2. The minimum atomic E-state index is -0.00495. The molecule has 0 atom stereocenters. The second-order valence-corrected chi connectivity index (χ2v) is 5.93. The van der Waals surface area contributed by atoms with Crippen molar-refractivity contribution >= 4 is 28.7 Å². The van der Waals surface area contributed by atoms with E-state index in [4.69, 9.17) is 0 Å². The molecular weight excluding hydrogens is 270 g/mol. The number of hydrogen-bond acceptors (Lipinski definition) is 3. The molecule has 0 spiro atoms. The van der Waals surface area contributed by atoms with Gasteiger partial charge in [-0.15, -0.1) is 11.3 Å². The van der Waals surface area contributed by atoms with Crippen LogP contribution in [0, 0.1) is 0 Å². The second kappa shape index (κ2) is 5.21. The van der Waals surface area contributed by atoms with Gasteiger partial charge in [0.25, 0.3) is 5.91 Å². The number of nitrogens with zero attached hydrogens (tertiary/aromatic N) is 1. The number of hydrogen-bond donors (Lipinski definition) is 0. The number of carbonyl (C=O) groups excluding carboxylic acids is 2. The summed E-state index contributed by atoms with van der Waals surface area (Å²) in [5.74, 6) is 0.111. The van der Waals surface area contributed by atoms with Crippen LogP contribution >= 0.6 is 11.3 Å². The van der Waals surface area contributed by atoms with E-state index < -0.39 is 0 Å². The van der Waals surface area contributed by atoms with Crippen LogP contribution in [0.5, 0.6) is 0 Å². The molecule has 1 aliphatic rings. The lowest BCUT2D eigenvalue weighted by Gasteiger charge is -2.28. The maximum atomic E-state index is 12.6. The summed E-state index contributed by atoms with van der Waals surface area (Å²) >= 11 is 1.53. The summed E-state index contributed by atoms with van der Waals surface area (Å²) in [5.41, 5.74) is 1.39. The molecule has 4 heteroatoms. The molecule has 0 radical (unpaired) electrons. The molecule has 1 aromatic carbocycles. The van der Waals surface area contributed by atoms with Gasteiger partial charge < -0.3 is 4.90 Å². The van der Waals surface area contributed by atoms with Gasteiger partial charge in [0.2, 0.25) is 0 Å². The molecule has 0 fully saturated rings. The predicted molar refractivity (Wildman–Crippen MR) is 80.8 cm³/mol. The van der Waals surface area contributed by atoms with Crippen molar-refractivity contribution in [3.63, 3.8) is 0 Å². The first-order valence-electron chi connectivity index (χ1n) is 6.73. The van der Waals surface area contributed by atoms with Crippen molar-refractivity contribution in [2.24, 2.45) is 0 Å². The highest BCUT2D eigenvalue weighted by atomic mass is 32.1. The van der Waals surface area contributed by atoms with Crippen LogP contribution in [0.4, 0.5) is 5.69 Å². The van der Waals surface area contributed by atoms with Crippen molar-refractivity contribution in [2.45, 2.75) is 19.8 Å². The summed E-state index contributed by atoms with van der Waals surface area (Å²) in [6, 6.07) is 11.2. The lowest BCUT2D eigenvalue weighted by Crippen LogP contribution is -2.37. The molecule has 0 unspecified atom stereocenters. The standard InChI is InChI=1S/C16H15NO2S/c1-2-11-7-8-15(20-11)16(19)17-10-9-14(18)12-5-3-4-6-13(12)17/h3-8H,2,9-10H2,1H3. The molecule has 102 valence electrons. The molecule has 3 rings (SSSR count). The summed E-state index contributed by atoms with van der Waals surface area (Å²) in [4.78, 5) is 28.2. The highest BCUT2D eigenvalue weighted by molar-refractivity contribution is 7.14. The quantitative estimate of drug-likeness (QED) is 0.846. The fraction of sp³-hybridized carbons (Fsp3) is 0.250. The number of carbonyl (C=O) groups is 2. The van der Waals surface area contributed by atoms with Crippen LogP contribution in [0.1, 0.15) is 38.3 Å². The molecule has 1 aromatic heterocycles. The van der Waals surface area contributed by atoms with Crippen molar-refractivity contribution in [2.75, 3.05) is 11.4 Å². The molecule has 0 bridgehead atoms. The van der Waals surface area contributed by atoms with Crippen molar-refractivity contribution in [1.82, 2.24) is 0 Å². The smallest absolute Gasteiger partial charge is 0.268 e. The number of para-hydroxylation sites is 1. The lowest BCUT2D eigenvalue weighted by atomic mass is 10.0. The molecule has 0 N–H and O–H groups in total. The summed E-state index contributed by atoms with van der Waals surface area (Å²) in [5, 5.41) is 0. The van der Waals surface area contributed by atoms with Gasteiger partial charge in [-0.25, -0.2) is 0 Å². The van der Waals surface area contributed by atoms with Gasteiger partial charge in [0.05, 0.1) is 10.6 Å². The molecule has 0 saturated carbocycles. The number of ketones is 1. The molecule has 0 aliphatic carbocycles. The Morgan fingerprint density at radius 3 is 2.80 bits per heavy atom.